The fourth-order valence-corrected chi connectivity index (χ4v) is 2.06. The summed E-state index contributed by atoms with van der Waals surface area (Å²) >= 11 is 1.68. The first-order valence-corrected chi connectivity index (χ1v) is 6.59. The van der Waals surface area contributed by atoms with Crippen molar-refractivity contribution in [3.63, 3.8) is 0 Å². The van der Waals surface area contributed by atoms with Gasteiger partial charge in [0, 0.05) is 24.6 Å². The zero-order chi connectivity index (χ0) is 11.6. The molecule has 0 saturated heterocycles. The van der Waals surface area contributed by atoms with Gasteiger partial charge in [0.15, 0.2) is 5.06 Å². The highest BCUT2D eigenvalue weighted by atomic mass is 32.1. The van der Waals surface area contributed by atoms with Crippen molar-refractivity contribution >= 4 is 11.3 Å². The topological polar surface area (TPSA) is 30.5 Å². The van der Waals surface area contributed by atoms with Gasteiger partial charge < -0.3 is 14.8 Å². The second kappa shape index (κ2) is 8.56. The number of hydrogen-bond acceptors (Lipinski definition) is 4. The van der Waals surface area contributed by atoms with Crippen LogP contribution in [0.25, 0.3) is 0 Å². The molecule has 1 heterocycles. The maximum Gasteiger partial charge on any atom is 0.173 e. The molecule has 1 rings (SSSR count). The van der Waals surface area contributed by atoms with E-state index in [1.807, 2.05) is 6.07 Å². The summed E-state index contributed by atoms with van der Waals surface area (Å²) in [6.45, 7) is 5.65. The van der Waals surface area contributed by atoms with Gasteiger partial charge in [-0.3, -0.25) is 0 Å². The van der Waals surface area contributed by atoms with E-state index in [-0.39, 0.29) is 0 Å². The van der Waals surface area contributed by atoms with Gasteiger partial charge in [-0.25, -0.2) is 0 Å². The normalized spacial score (nSPS) is 10.6. The Kier molecular flexibility index (Phi) is 7.21. The highest BCUT2D eigenvalue weighted by Crippen LogP contribution is 2.23. The molecule has 0 radical (unpaired) electrons. The molecule has 0 saturated carbocycles. The minimum Gasteiger partial charge on any atom is -0.487 e. The van der Waals surface area contributed by atoms with Crippen LogP contribution in [0.2, 0.25) is 0 Å². The van der Waals surface area contributed by atoms with E-state index in [1.54, 1.807) is 18.4 Å². The molecule has 0 amide bonds. The van der Waals surface area contributed by atoms with Crippen molar-refractivity contribution in [1.82, 2.24) is 5.32 Å². The van der Waals surface area contributed by atoms with Crippen molar-refractivity contribution < 1.29 is 9.47 Å². The summed E-state index contributed by atoms with van der Waals surface area (Å²) in [7, 11) is 1.70. The van der Waals surface area contributed by atoms with Crippen LogP contribution in [0.4, 0.5) is 0 Å². The molecule has 3 nitrogen and oxygen atoms in total. The third-order valence-corrected chi connectivity index (χ3v) is 3.25. The van der Waals surface area contributed by atoms with Gasteiger partial charge in [0.05, 0.1) is 13.7 Å². The molecule has 0 atom stereocenters. The van der Waals surface area contributed by atoms with E-state index in [0.29, 0.717) is 0 Å². The lowest BCUT2D eigenvalue weighted by Gasteiger charge is -2.04. The van der Waals surface area contributed by atoms with Crippen LogP contribution in [0, 0.1) is 0 Å². The summed E-state index contributed by atoms with van der Waals surface area (Å²) in [6, 6.07) is 4.09. The Morgan fingerprint density at radius 3 is 2.88 bits per heavy atom. The molecule has 0 spiro atoms. The predicted molar refractivity (Wildman–Crippen MR) is 68.3 cm³/mol. The highest BCUT2D eigenvalue weighted by molar-refractivity contribution is 7.13. The third kappa shape index (κ3) is 5.49. The molecule has 1 aromatic heterocycles. The van der Waals surface area contributed by atoms with Crippen LogP contribution < -0.4 is 10.1 Å². The Morgan fingerprint density at radius 1 is 1.31 bits per heavy atom. The minimum absolute atomic E-state index is 0.794. The molecule has 0 bridgehead atoms. The molecular weight excluding hydrogens is 222 g/mol. The summed E-state index contributed by atoms with van der Waals surface area (Å²) < 4.78 is 10.6. The lowest BCUT2D eigenvalue weighted by molar-refractivity contribution is 0.133. The maximum atomic E-state index is 5.45. The van der Waals surface area contributed by atoms with E-state index in [2.05, 4.69) is 18.3 Å². The molecule has 0 fully saturated rings. The largest absolute Gasteiger partial charge is 0.487 e. The molecule has 1 aromatic rings. The quantitative estimate of drug-likeness (QED) is 0.676. The van der Waals surface area contributed by atoms with Crippen LogP contribution in [0.3, 0.4) is 0 Å². The van der Waals surface area contributed by atoms with E-state index in [0.717, 1.165) is 37.8 Å². The summed E-state index contributed by atoms with van der Waals surface area (Å²) in [4.78, 5) is 1.30. The second-order valence-electron chi connectivity index (χ2n) is 3.57. The van der Waals surface area contributed by atoms with Gasteiger partial charge in [-0.2, -0.15) is 0 Å². The van der Waals surface area contributed by atoms with Crippen LogP contribution in [0.5, 0.6) is 5.06 Å². The number of ether oxygens (including phenoxy) is 2. The maximum absolute atomic E-state index is 5.45. The molecular formula is C12H21NO2S. The van der Waals surface area contributed by atoms with Gasteiger partial charge in [-0.15, -0.1) is 11.3 Å². The van der Waals surface area contributed by atoms with Crippen molar-refractivity contribution in [2.75, 3.05) is 26.9 Å². The predicted octanol–water partition coefficient (Wildman–Crippen LogP) is 2.66. The lowest BCUT2D eigenvalue weighted by atomic mass is 10.4. The van der Waals surface area contributed by atoms with Gasteiger partial charge in [0.2, 0.25) is 0 Å². The van der Waals surface area contributed by atoms with Crippen molar-refractivity contribution in [2.45, 2.75) is 26.3 Å². The van der Waals surface area contributed by atoms with Crippen molar-refractivity contribution in [3.8, 4) is 5.06 Å². The number of unbranched alkanes of at least 4 members (excludes halogenated alkanes) is 1. The Bertz CT molecular complexity index is 276. The van der Waals surface area contributed by atoms with E-state index >= 15 is 0 Å². The van der Waals surface area contributed by atoms with Crippen molar-refractivity contribution in [1.29, 1.82) is 0 Å². The van der Waals surface area contributed by atoms with Crippen molar-refractivity contribution in [3.05, 3.63) is 17.0 Å². The van der Waals surface area contributed by atoms with Crippen LogP contribution in [-0.4, -0.2) is 26.9 Å². The van der Waals surface area contributed by atoms with Gasteiger partial charge in [0.25, 0.3) is 0 Å². The first-order chi connectivity index (χ1) is 7.86. The zero-order valence-corrected chi connectivity index (χ0v) is 10.9. The van der Waals surface area contributed by atoms with Crippen molar-refractivity contribution in [2.24, 2.45) is 0 Å². The molecule has 0 aliphatic carbocycles. The van der Waals surface area contributed by atoms with Gasteiger partial charge in [-0.1, -0.05) is 13.3 Å². The highest BCUT2D eigenvalue weighted by Gasteiger charge is 1.98. The zero-order valence-electron chi connectivity index (χ0n) is 10.1. The molecule has 0 aliphatic rings. The van der Waals surface area contributed by atoms with E-state index in [4.69, 9.17) is 9.47 Å². The molecule has 0 aliphatic heterocycles. The number of methoxy groups -OCH3 is 1. The molecule has 0 unspecified atom stereocenters. The second-order valence-corrected chi connectivity index (χ2v) is 4.70. The molecule has 16 heavy (non-hydrogen) atoms. The van der Waals surface area contributed by atoms with E-state index in [9.17, 15) is 0 Å². The van der Waals surface area contributed by atoms with Gasteiger partial charge >= 0.3 is 0 Å². The van der Waals surface area contributed by atoms with Gasteiger partial charge in [0.1, 0.15) is 0 Å². The number of nitrogens with one attached hydrogen (secondary N) is 1. The Labute approximate surface area is 102 Å². The molecule has 0 aromatic carbocycles. The summed E-state index contributed by atoms with van der Waals surface area (Å²) in [5.41, 5.74) is 0. The van der Waals surface area contributed by atoms with E-state index in [1.165, 1.54) is 11.3 Å². The number of rotatable bonds is 9. The Morgan fingerprint density at radius 2 is 2.19 bits per heavy atom. The fourth-order valence-electron chi connectivity index (χ4n) is 1.27. The monoisotopic (exact) mass is 243 g/mol. The summed E-state index contributed by atoms with van der Waals surface area (Å²) in [6.07, 6.45) is 2.35. The number of hydrogen-bond donors (Lipinski definition) is 1. The first-order valence-electron chi connectivity index (χ1n) is 5.78. The molecule has 4 heteroatoms. The average molecular weight is 243 g/mol. The van der Waals surface area contributed by atoms with Crippen LogP contribution in [-0.2, 0) is 11.3 Å². The smallest absolute Gasteiger partial charge is 0.173 e. The Hall–Kier alpha value is -0.580. The molecule has 92 valence electrons. The SMILES string of the molecule is CCCCOCCNCc1ccc(OC)s1. The van der Waals surface area contributed by atoms with Crippen LogP contribution in [0.1, 0.15) is 24.6 Å². The summed E-state index contributed by atoms with van der Waals surface area (Å²) in [5.74, 6) is 0. The Balaban J connectivity index is 1.98. The fraction of sp³-hybridized carbons (Fsp3) is 0.667. The summed E-state index contributed by atoms with van der Waals surface area (Å²) in [5, 5.41) is 4.31. The third-order valence-electron chi connectivity index (χ3n) is 2.20. The lowest BCUT2D eigenvalue weighted by Crippen LogP contribution is -2.18. The first kappa shape index (κ1) is 13.5. The number of thiophene rings is 1. The minimum atomic E-state index is 0.794. The van der Waals surface area contributed by atoms with Crippen LogP contribution in [0.15, 0.2) is 12.1 Å². The van der Waals surface area contributed by atoms with Crippen LogP contribution >= 0.6 is 11.3 Å². The molecule has 1 N–H and O–H groups in total. The standard InChI is InChI=1S/C12H21NO2S/c1-3-4-8-15-9-7-13-10-11-5-6-12(14-2)16-11/h5-6,13H,3-4,7-10H2,1-2H3. The van der Waals surface area contributed by atoms with Gasteiger partial charge in [-0.05, 0) is 18.6 Å². The average Bonchev–Trinajstić information content (AvgIpc) is 2.76. The van der Waals surface area contributed by atoms with E-state index < -0.39 is 0 Å².